The Morgan fingerprint density at radius 1 is 0.407 bits per heavy atom. The first-order valence-corrected chi connectivity index (χ1v) is 26.8. The average molecular weight is 1090 g/mol. The summed E-state index contributed by atoms with van der Waals surface area (Å²) in [5.74, 6) is -0.713. The quantitative estimate of drug-likeness (QED) is 0.0573. The number of aromatic nitrogens is 9. The normalized spacial score (nSPS) is 12.0. The van der Waals surface area contributed by atoms with Gasteiger partial charge in [0, 0.05) is 70.5 Å². The number of hydrogen-bond acceptors (Lipinski definition) is 9. The summed E-state index contributed by atoms with van der Waals surface area (Å²) >= 11 is 0. The molecule has 18 heteroatoms. The number of benzene rings is 3. The summed E-state index contributed by atoms with van der Waals surface area (Å²) < 4.78 is 5.52. The monoisotopic (exact) mass is 1090 g/mol. The zero-order valence-corrected chi connectivity index (χ0v) is 48.1. The first kappa shape index (κ1) is 59.2. The Hall–Kier alpha value is -9.45. The number of carbonyl (C=O) groups is 3. The van der Waals surface area contributed by atoms with E-state index in [1.54, 1.807) is 18.6 Å². The Bertz CT molecular complexity index is 3450. The lowest BCUT2D eigenvalue weighted by Gasteiger charge is -2.15. The molecule has 1 unspecified atom stereocenters. The third-order valence-electron chi connectivity index (χ3n) is 14.6. The topological polar surface area (TPSA) is 239 Å². The van der Waals surface area contributed by atoms with Gasteiger partial charge in [-0.15, -0.1) is 0 Å². The fourth-order valence-corrected chi connectivity index (χ4v) is 9.82. The molecule has 0 aliphatic carbocycles. The zero-order chi connectivity index (χ0) is 58.7. The van der Waals surface area contributed by atoms with Crippen molar-refractivity contribution in [3.8, 4) is 0 Å². The minimum atomic E-state index is -0.238. The van der Waals surface area contributed by atoms with E-state index < -0.39 is 0 Å². The molecule has 0 fully saturated rings. The van der Waals surface area contributed by atoms with E-state index in [9.17, 15) is 28.8 Å². The molecule has 0 saturated heterocycles. The summed E-state index contributed by atoms with van der Waals surface area (Å²) in [6.45, 7) is 23.4. The summed E-state index contributed by atoms with van der Waals surface area (Å²) in [6.07, 6.45) is 4.74. The Balaban J connectivity index is 0.000000175. The molecular formula is C63H72N12O6. The molecule has 9 rings (SSSR count). The largest absolute Gasteiger partial charge is 0.348 e. The van der Waals surface area contributed by atoms with Crippen LogP contribution in [-0.2, 0) is 19.6 Å². The van der Waals surface area contributed by atoms with E-state index in [0.717, 1.165) is 67.5 Å². The lowest BCUT2D eigenvalue weighted by atomic mass is 10.1. The minimum absolute atomic E-state index is 0.0231. The van der Waals surface area contributed by atoms with E-state index in [-0.39, 0.29) is 72.2 Å². The first-order chi connectivity index (χ1) is 38.6. The van der Waals surface area contributed by atoms with E-state index in [1.807, 2.05) is 206 Å². The maximum absolute atomic E-state index is 12.6. The highest BCUT2D eigenvalue weighted by molar-refractivity contribution is 5.96. The van der Waals surface area contributed by atoms with Crippen molar-refractivity contribution in [3.05, 3.63) is 260 Å². The molecule has 6 aromatic heterocycles. The van der Waals surface area contributed by atoms with Crippen LogP contribution in [0.1, 0.15) is 154 Å². The van der Waals surface area contributed by atoms with Gasteiger partial charge in [-0.3, -0.25) is 42.8 Å². The average Bonchev–Trinajstić information content (AvgIpc) is 4.15. The molecule has 0 spiro atoms. The van der Waals surface area contributed by atoms with Crippen molar-refractivity contribution in [1.29, 1.82) is 0 Å². The predicted molar refractivity (Wildman–Crippen MR) is 315 cm³/mol. The second-order valence-electron chi connectivity index (χ2n) is 20.4. The highest BCUT2D eigenvalue weighted by Crippen LogP contribution is 2.24. The van der Waals surface area contributed by atoms with Gasteiger partial charge in [0.15, 0.2) is 0 Å². The van der Waals surface area contributed by atoms with E-state index in [2.05, 4.69) is 46.2 Å². The molecule has 6 N–H and O–H groups in total. The molecule has 420 valence electrons. The minimum Gasteiger partial charge on any atom is -0.348 e. The zero-order valence-electron chi connectivity index (χ0n) is 48.1. The number of nitrogens with one attached hydrogen (secondary N) is 6. The third-order valence-corrected chi connectivity index (χ3v) is 14.6. The van der Waals surface area contributed by atoms with Gasteiger partial charge in [-0.1, -0.05) is 91.0 Å². The molecule has 0 aliphatic heterocycles. The van der Waals surface area contributed by atoms with Crippen molar-refractivity contribution in [2.45, 2.75) is 121 Å². The van der Waals surface area contributed by atoms with E-state index in [4.69, 9.17) is 0 Å². The molecule has 0 saturated carbocycles. The Morgan fingerprint density at radius 2 is 0.642 bits per heavy atom. The fourth-order valence-electron chi connectivity index (χ4n) is 9.82. The molecule has 0 bridgehead atoms. The van der Waals surface area contributed by atoms with Crippen LogP contribution in [0.4, 0.5) is 0 Å². The molecule has 3 amide bonds. The summed E-state index contributed by atoms with van der Waals surface area (Å²) in [5, 5.41) is 21.7. The van der Waals surface area contributed by atoms with Crippen LogP contribution in [0.5, 0.6) is 0 Å². The van der Waals surface area contributed by atoms with Crippen LogP contribution >= 0.6 is 0 Å². The lowest BCUT2D eigenvalue weighted by Crippen LogP contribution is -2.28. The van der Waals surface area contributed by atoms with Gasteiger partial charge in [-0.05, 0) is 135 Å². The van der Waals surface area contributed by atoms with Crippen LogP contribution in [0.2, 0.25) is 0 Å². The van der Waals surface area contributed by atoms with Gasteiger partial charge in [0.1, 0.15) is 0 Å². The number of rotatable bonds is 15. The van der Waals surface area contributed by atoms with E-state index in [0.29, 0.717) is 33.4 Å². The van der Waals surface area contributed by atoms with Gasteiger partial charge >= 0.3 is 0 Å². The Morgan fingerprint density at radius 3 is 0.864 bits per heavy atom. The van der Waals surface area contributed by atoms with E-state index >= 15 is 0 Å². The van der Waals surface area contributed by atoms with Crippen LogP contribution in [-0.4, -0.2) is 62.0 Å². The SMILES string of the molecule is Cc1cc(C)c(CNC(=O)c2cnn(C(C)c3ccccc3)c2C)c(=O)[nH]1.Cc1cc(C)c(CNC(=O)c2cnn([C@@H](C)c3ccccc3)c2C)c(=O)[nH]1.Cc1cc(C)c(CNC(=O)c2cnn([C@H](C)c3ccccc3)c2C)c(=O)[nH]1. The highest BCUT2D eigenvalue weighted by atomic mass is 16.2. The van der Waals surface area contributed by atoms with Crippen molar-refractivity contribution in [2.24, 2.45) is 0 Å². The first-order valence-electron chi connectivity index (χ1n) is 26.8. The number of carbonyl (C=O) groups excluding carboxylic acids is 3. The fraction of sp³-hybridized carbons (Fsp3) is 0.286. The molecule has 9 aromatic rings. The third kappa shape index (κ3) is 14.2. The van der Waals surface area contributed by atoms with Crippen molar-refractivity contribution >= 4 is 17.7 Å². The number of amides is 3. The van der Waals surface area contributed by atoms with Gasteiger partial charge in [0.05, 0.1) is 53.4 Å². The van der Waals surface area contributed by atoms with Crippen molar-refractivity contribution in [3.63, 3.8) is 0 Å². The maximum atomic E-state index is 12.6. The molecule has 18 nitrogen and oxygen atoms in total. The molecule has 0 aliphatic rings. The highest BCUT2D eigenvalue weighted by Gasteiger charge is 2.22. The van der Waals surface area contributed by atoms with Gasteiger partial charge in [0.25, 0.3) is 34.4 Å². The number of hydrogen-bond donors (Lipinski definition) is 6. The Labute approximate surface area is 471 Å². The van der Waals surface area contributed by atoms with Crippen LogP contribution in [0.15, 0.2) is 142 Å². The van der Waals surface area contributed by atoms with Gasteiger partial charge in [-0.25, -0.2) is 0 Å². The summed E-state index contributed by atoms with van der Waals surface area (Å²) in [6, 6.07) is 35.8. The van der Waals surface area contributed by atoms with Crippen LogP contribution in [0, 0.1) is 62.3 Å². The molecular weight excluding hydrogens is 1020 g/mol. The maximum Gasteiger partial charge on any atom is 0.255 e. The molecule has 81 heavy (non-hydrogen) atoms. The number of pyridine rings is 3. The summed E-state index contributed by atoms with van der Waals surface area (Å²) in [4.78, 5) is 82.5. The smallest absolute Gasteiger partial charge is 0.255 e. The van der Waals surface area contributed by atoms with Crippen LogP contribution in [0.25, 0.3) is 0 Å². The number of aryl methyl sites for hydroxylation is 6. The van der Waals surface area contributed by atoms with Crippen LogP contribution in [0.3, 0.4) is 0 Å². The molecule has 3 aromatic carbocycles. The number of H-pyrrole nitrogens is 3. The van der Waals surface area contributed by atoms with E-state index in [1.165, 1.54) is 0 Å². The van der Waals surface area contributed by atoms with Crippen LogP contribution < -0.4 is 32.6 Å². The second kappa shape index (κ2) is 26.5. The van der Waals surface area contributed by atoms with Crippen molar-refractivity contribution in [2.75, 3.05) is 0 Å². The van der Waals surface area contributed by atoms with Crippen molar-refractivity contribution < 1.29 is 14.4 Å². The molecule has 6 heterocycles. The standard InChI is InChI=1S/3C21H24N4O2/c3*1-13-10-14(2)24-21(27)18(13)11-22-20(26)19-12-23-25(16(19)4)15(3)17-8-6-5-7-9-17/h3*5-10,12,15H,11H2,1-4H3,(H,22,26)(H,24,27)/t2*15-;/m10./s1. The molecule has 0 radical (unpaired) electrons. The van der Waals surface area contributed by atoms with Gasteiger partial charge in [0.2, 0.25) is 0 Å². The summed E-state index contributed by atoms with van der Waals surface area (Å²) in [7, 11) is 0. The van der Waals surface area contributed by atoms with Gasteiger partial charge < -0.3 is 30.9 Å². The van der Waals surface area contributed by atoms with Gasteiger partial charge in [-0.2, -0.15) is 15.3 Å². The van der Waals surface area contributed by atoms with Crippen molar-refractivity contribution in [1.82, 2.24) is 60.2 Å². The number of nitrogens with zero attached hydrogens (tertiary/aromatic N) is 6. The molecule has 3 atom stereocenters. The lowest BCUT2D eigenvalue weighted by molar-refractivity contribution is 0.0941. The number of aromatic amines is 3. The summed E-state index contributed by atoms with van der Waals surface area (Å²) in [5.41, 5.74) is 13.5. The predicted octanol–water partition coefficient (Wildman–Crippen LogP) is 9.11. The Kier molecular flexibility index (Phi) is 19.3. The second-order valence-corrected chi connectivity index (χ2v) is 20.4.